The molecule has 0 saturated carbocycles. The van der Waals surface area contributed by atoms with Crippen LogP contribution in [0.1, 0.15) is 12.0 Å². The third-order valence-electron chi connectivity index (χ3n) is 4.12. The first-order valence-corrected chi connectivity index (χ1v) is 10.7. The lowest BCUT2D eigenvalue weighted by Gasteiger charge is -2.14. The van der Waals surface area contributed by atoms with Crippen LogP contribution in [0.25, 0.3) is 0 Å². The van der Waals surface area contributed by atoms with Gasteiger partial charge in [-0.15, -0.1) is 0 Å². The summed E-state index contributed by atoms with van der Waals surface area (Å²) in [4.78, 5) is 11.8. The molecule has 0 aromatic heterocycles. The molecule has 1 N–H and O–H groups in total. The molecule has 5 heteroatoms. The van der Waals surface area contributed by atoms with Crippen LogP contribution >= 0.6 is 7.92 Å². The van der Waals surface area contributed by atoms with Gasteiger partial charge in [-0.3, -0.25) is 0 Å². The van der Waals surface area contributed by atoms with Gasteiger partial charge in [-0.05, 0) is 30.5 Å². The maximum atomic E-state index is 11.8. The first-order chi connectivity index (χ1) is 13.8. The fraction of sp³-hybridized carbons (Fsp3) is 0.125. The van der Waals surface area contributed by atoms with Crippen LogP contribution in [-0.2, 0) is 11.3 Å². The van der Waals surface area contributed by atoms with Crippen LogP contribution in [0.4, 0.5) is 4.79 Å². The topological polar surface area (TPSA) is 38.3 Å². The van der Waals surface area contributed by atoms with Crippen molar-refractivity contribution in [1.82, 2.24) is 5.32 Å². The molecular formula is C24H24BNO2P. The Morgan fingerprint density at radius 3 is 1.90 bits per heavy atom. The summed E-state index contributed by atoms with van der Waals surface area (Å²) in [7, 11) is -0.544. The second kappa shape index (κ2) is 12.6. The summed E-state index contributed by atoms with van der Waals surface area (Å²) in [6.07, 6.45) is 2.52. The number of benzene rings is 3. The smallest absolute Gasteiger partial charge is 0.407 e. The normalized spacial score (nSPS) is 10.5. The van der Waals surface area contributed by atoms with Gasteiger partial charge in [-0.25, -0.2) is 4.79 Å². The van der Waals surface area contributed by atoms with Crippen molar-refractivity contribution in [2.45, 2.75) is 13.0 Å². The highest BCUT2D eigenvalue weighted by atomic mass is 31.1. The summed E-state index contributed by atoms with van der Waals surface area (Å²) in [6, 6.07) is 30.7. The van der Waals surface area contributed by atoms with E-state index in [2.05, 4.69) is 65.7 Å². The van der Waals surface area contributed by atoms with E-state index in [-0.39, 0.29) is 21.1 Å². The van der Waals surface area contributed by atoms with E-state index in [9.17, 15) is 4.79 Å². The van der Waals surface area contributed by atoms with Gasteiger partial charge in [0.2, 0.25) is 0 Å². The highest BCUT2D eigenvalue weighted by molar-refractivity contribution is 7.75. The number of carbonyl (C=O) groups excluding carboxylic acids is 1. The minimum absolute atomic E-state index is 0. The van der Waals surface area contributed by atoms with Crippen molar-refractivity contribution in [2.75, 3.05) is 6.54 Å². The summed E-state index contributed by atoms with van der Waals surface area (Å²) in [5, 5.41) is 5.43. The molecule has 29 heavy (non-hydrogen) atoms. The minimum atomic E-state index is -0.544. The highest BCUT2D eigenvalue weighted by Crippen LogP contribution is 2.34. The van der Waals surface area contributed by atoms with E-state index < -0.39 is 7.92 Å². The van der Waals surface area contributed by atoms with Crippen molar-refractivity contribution >= 4 is 33.0 Å². The maximum Gasteiger partial charge on any atom is 0.407 e. The van der Waals surface area contributed by atoms with E-state index in [1.807, 2.05) is 42.5 Å². The SMILES string of the molecule is O=C(NCC/C=C/P(c1ccccc1)c1ccccc1)OCc1ccccc1.[B]. The standard InChI is InChI=1S/C24H24NO2P.B/c26-24(27-20-21-12-4-1-5-13-21)25-18-10-11-19-28(22-14-6-2-7-15-22)23-16-8-3-9-17-23;/h1-9,11-17,19H,10,18,20H2,(H,25,26);/b19-11+;. The molecule has 0 saturated heterocycles. The average molecular weight is 400 g/mol. The first-order valence-electron chi connectivity index (χ1n) is 9.33. The van der Waals surface area contributed by atoms with Crippen molar-refractivity contribution in [3.63, 3.8) is 0 Å². The molecule has 0 spiro atoms. The van der Waals surface area contributed by atoms with Gasteiger partial charge in [0.25, 0.3) is 0 Å². The molecule has 0 aliphatic carbocycles. The molecule has 3 nitrogen and oxygen atoms in total. The number of hydrogen-bond donors (Lipinski definition) is 1. The van der Waals surface area contributed by atoms with Crippen LogP contribution in [0, 0.1) is 0 Å². The molecule has 3 radical (unpaired) electrons. The van der Waals surface area contributed by atoms with Crippen molar-refractivity contribution in [2.24, 2.45) is 0 Å². The Hall–Kier alpha value is -2.84. The van der Waals surface area contributed by atoms with E-state index in [1.54, 1.807) is 0 Å². The summed E-state index contributed by atoms with van der Waals surface area (Å²) >= 11 is 0. The number of hydrogen-bond acceptors (Lipinski definition) is 2. The molecule has 0 atom stereocenters. The van der Waals surface area contributed by atoms with Crippen LogP contribution in [0.15, 0.2) is 103 Å². The molecule has 1 amide bonds. The van der Waals surface area contributed by atoms with Gasteiger partial charge in [0.1, 0.15) is 6.61 Å². The maximum absolute atomic E-state index is 11.8. The zero-order valence-corrected chi connectivity index (χ0v) is 17.2. The average Bonchev–Trinajstić information content (AvgIpc) is 2.77. The molecular weight excluding hydrogens is 376 g/mol. The van der Waals surface area contributed by atoms with Gasteiger partial charge < -0.3 is 10.1 Å². The van der Waals surface area contributed by atoms with Gasteiger partial charge >= 0.3 is 6.09 Å². The summed E-state index contributed by atoms with van der Waals surface area (Å²) < 4.78 is 5.22. The number of nitrogens with one attached hydrogen (secondary N) is 1. The van der Waals surface area contributed by atoms with Crippen LogP contribution in [-0.4, -0.2) is 21.1 Å². The van der Waals surface area contributed by atoms with Crippen molar-refractivity contribution in [1.29, 1.82) is 0 Å². The molecule has 0 bridgehead atoms. The molecule has 0 aliphatic heterocycles. The zero-order chi connectivity index (χ0) is 19.4. The second-order valence-corrected chi connectivity index (χ2v) is 8.27. The number of rotatable bonds is 8. The van der Waals surface area contributed by atoms with E-state index in [0.29, 0.717) is 6.54 Å². The predicted octanol–water partition coefficient (Wildman–Crippen LogP) is 4.57. The first kappa shape index (κ1) is 22.5. The number of ether oxygens (including phenoxy) is 1. The quantitative estimate of drug-likeness (QED) is 0.342. The lowest BCUT2D eigenvalue weighted by atomic mass is 10.2. The third kappa shape index (κ3) is 7.60. The Bertz CT molecular complexity index is 834. The van der Waals surface area contributed by atoms with Gasteiger partial charge in [-0.1, -0.05) is 103 Å². The predicted molar refractivity (Wildman–Crippen MR) is 123 cm³/mol. The Morgan fingerprint density at radius 2 is 1.34 bits per heavy atom. The van der Waals surface area contributed by atoms with Crippen LogP contribution in [0.2, 0.25) is 0 Å². The molecule has 0 fully saturated rings. The summed E-state index contributed by atoms with van der Waals surface area (Å²) in [6.45, 7) is 0.840. The third-order valence-corrected chi connectivity index (χ3v) is 6.33. The van der Waals surface area contributed by atoms with Gasteiger partial charge in [0.15, 0.2) is 0 Å². The molecule has 3 aromatic rings. The molecule has 3 rings (SSSR count). The summed E-state index contributed by atoms with van der Waals surface area (Å²) in [5.74, 6) is 2.26. The van der Waals surface area contributed by atoms with Crippen LogP contribution in [0.5, 0.6) is 0 Å². The second-order valence-electron chi connectivity index (χ2n) is 6.20. The Balaban J connectivity index is 0.00000300. The molecule has 0 aliphatic rings. The lowest BCUT2D eigenvalue weighted by molar-refractivity contribution is 0.140. The van der Waals surface area contributed by atoms with Gasteiger partial charge in [0.05, 0.1) is 0 Å². The van der Waals surface area contributed by atoms with E-state index in [4.69, 9.17) is 4.74 Å². The Morgan fingerprint density at radius 1 is 0.828 bits per heavy atom. The Kier molecular flexibility index (Phi) is 9.75. The number of alkyl carbamates (subject to hydrolysis) is 1. The van der Waals surface area contributed by atoms with Crippen molar-refractivity contribution in [3.05, 3.63) is 108 Å². The van der Waals surface area contributed by atoms with Crippen molar-refractivity contribution < 1.29 is 9.53 Å². The molecule has 0 heterocycles. The zero-order valence-electron chi connectivity index (χ0n) is 16.3. The molecule has 145 valence electrons. The highest BCUT2D eigenvalue weighted by Gasteiger charge is 2.09. The summed E-state index contributed by atoms with van der Waals surface area (Å²) in [5.41, 5.74) is 0.980. The lowest BCUT2D eigenvalue weighted by Crippen LogP contribution is -2.24. The minimum Gasteiger partial charge on any atom is -0.445 e. The molecule has 3 aromatic carbocycles. The van der Waals surface area contributed by atoms with Crippen LogP contribution < -0.4 is 15.9 Å². The molecule has 0 unspecified atom stereocenters. The van der Waals surface area contributed by atoms with Gasteiger partial charge in [-0.2, -0.15) is 0 Å². The van der Waals surface area contributed by atoms with E-state index in [0.717, 1.165) is 12.0 Å². The monoisotopic (exact) mass is 400 g/mol. The van der Waals surface area contributed by atoms with Crippen LogP contribution in [0.3, 0.4) is 0 Å². The number of carbonyl (C=O) groups is 1. The largest absolute Gasteiger partial charge is 0.445 e. The number of amides is 1. The fourth-order valence-corrected chi connectivity index (χ4v) is 4.70. The van der Waals surface area contributed by atoms with Gasteiger partial charge in [0, 0.05) is 15.0 Å². The van der Waals surface area contributed by atoms with Crippen molar-refractivity contribution in [3.8, 4) is 0 Å². The fourth-order valence-electron chi connectivity index (χ4n) is 2.71. The van der Waals surface area contributed by atoms with E-state index in [1.165, 1.54) is 10.6 Å². The van der Waals surface area contributed by atoms with E-state index >= 15 is 0 Å². The Labute approximate surface area is 176 Å².